The molecule has 0 spiro atoms. The Bertz CT molecular complexity index is 766. The van der Waals surface area contributed by atoms with E-state index in [9.17, 15) is 9.59 Å². The van der Waals surface area contributed by atoms with E-state index in [4.69, 9.17) is 4.74 Å². The fourth-order valence-corrected chi connectivity index (χ4v) is 3.34. The Morgan fingerprint density at radius 1 is 1.00 bits per heavy atom. The predicted molar refractivity (Wildman–Crippen MR) is 101 cm³/mol. The highest BCUT2D eigenvalue weighted by Crippen LogP contribution is 2.19. The number of morpholine rings is 1. The summed E-state index contributed by atoms with van der Waals surface area (Å²) in [6.45, 7) is 5.75. The van der Waals surface area contributed by atoms with Crippen molar-refractivity contribution in [2.24, 2.45) is 0 Å². The minimum atomic E-state index is -0.125. The van der Waals surface area contributed by atoms with Gasteiger partial charge in [-0.3, -0.25) is 14.5 Å². The second-order valence-corrected chi connectivity index (χ2v) is 6.74. The first-order valence-corrected chi connectivity index (χ1v) is 8.89. The molecular weight excluding hydrogens is 328 g/mol. The predicted octanol–water partition coefficient (Wildman–Crippen LogP) is 2.97. The largest absolute Gasteiger partial charge is 0.373 e. The van der Waals surface area contributed by atoms with Gasteiger partial charge < -0.3 is 10.1 Å². The van der Waals surface area contributed by atoms with E-state index in [1.54, 1.807) is 30.3 Å². The molecule has 1 fully saturated rings. The number of nitrogens with zero attached hydrogens (tertiary/aromatic N) is 1. The third kappa shape index (κ3) is 4.56. The minimum absolute atomic E-state index is 0.102. The zero-order valence-corrected chi connectivity index (χ0v) is 15.1. The van der Waals surface area contributed by atoms with Crippen LogP contribution in [0.25, 0.3) is 0 Å². The van der Waals surface area contributed by atoms with Gasteiger partial charge in [0, 0.05) is 24.2 Å². The van der Waals surface area contributed by atoms with Gasteiger partial charge in [-0.25, -0.2) is 0 Å². The summed E-state index contributed by atoms with van der Waals surface area (Å²) in [7, 11) is 0. The van der Waals surface area contributed by atoms with Crippen LogP contribution in [-0.4, -0.2) is 48.4 Å². The maximum absolute atomic E-state index is 12.7. The van der Waals surface area contributed by atoms with Crippen molar-refractivity contribution in [1.29, 1.82) is 0 Å². The number of anilines is 1. The number of hydrogen-bond donors (Lipinski definition) is 1. The lowest BCUT2D eigenvalue weighted by molar-refractivity contribution is -0.121. The van der Waals surface area contributed by atoms with E-state index in [0.717, 1.165) is 13.1 Å². The van der Waals surface area contributed by atoms with E-state index in [-0.39, 0.29) is 30.4 Å². The first-order chi connectivity index (χ1) is 12.5. The van der Waals surface area contributed by atoms with Gasteiger partial charge in [-0.1, -0.05) is 42.5 Å². The Labute approximate surface area is 154 Å². The normalized spacial score (nSPS) is 20.5. The van der Waals surface area contributed by atoms with Gasteiger partial charge in [0.15, 0.2) is 5.78 Å². The van der Waals surface area contributed by atoms with Gasteiger partial charge in [0.1, 0.15) is 0 Å². The van der Waals surface area contributed by atoms with Crippen LogP contribution in [0.15, 0.2) is 54.6 Å². The molecule has 0 bridgehead atoms. The number of ketones is 1. The van der Waals surface area contributed by atoms with Crippen molar-refractivity contribution >= 4 is 17.4 Å². The lowest BCUT2D eigenvalue weighted by Crippen LogP contribution is -2.48. The second-order valence-electron chi connectivity index (χ2n) is 6.74. The van der Waals surface area contributed by atoms with Gasteiger partial charge in [-0.2, -0.15) is 0 Å². The number of amides is 1. The van der Waals surface area contributed by atoms with Crippen molar-refractivity contribution in [2.75, 3.05) is 25.0 Å². The van der Waals surface area contributed by atoms with Crippen LogP contribution in [0.3, 0.4) is 0 Å². The molecule has 1 heterocycles. The fraction of sp³-hybridized carbons (Fsp3) is 0.333. The molecule has 0 aromatic heterocycles. The fourth-order valence-electron chi connectivity index (χ4n) is 3.34. The quantitative estimate of drug-likeness (QED) is 0.841. The highest BCUT2D eigenvalue weighted by atomic mass is 16.5. The van der Waals surface area contributed by atoms with Crippen molar-refractivity contribution in [1.82, 2.24) is 4.90 Å². The van der Waals surface area contributed by atoms with Gasteiger partial charge in [0.2, 0.25) is 5.91 Å². The molecule has 1 N–H and O–H groups in total. The summed E-state index contributed by atoms with van der Waals surface area (Å²) >= 11 is 0. The highest BCUT2D eigenvalue weighted by Gasteiger charge is 2.24. The molecule has 0 radical (unpaired) electrons. The Morgan fingerprint density at radius 2 is 1.62 bits per heavy atom. The summed E-state index contributed by atoms with van der Waals surface area (Å²) in [6, 6.07) is 16.2. The highest BCUT2D eigenvalue weighted by molar-refractivity contribution is 6.13. The van der Waals surface area contributed by atoms with Crippen molar-refractivity contribution in [3.05, 3.63) is 65.7 Å². The van der Waals surface area contributed by atoms with Crippen molar-refractivity contribution in [3.63, 3.8) is 0 Å². The lowest BCUT2D eigenvalue weighted by atomic mass is 10.0. The lowest BCUT2D eigenvalue weighted by Gasteiger charge is -2.34. The van der Waals surface area contributed by atoms with E-state index in [1.165, 1.54) is 0 Å². The maximum atomic E-state index is 12.7. The summed E-state index contributed by atoms with van der Waals surface area (Å²) < 4.78 is 5.70. The molecule has 0 unspecified atom stereocenters. The van der Waals surface area contributed by atoms with Crippen molar-refractivity contribution in [2.45, 2.75) is 26.1 Å². The monoisotopic (exact) mass is 352 g/mol. The number of para-hydroxylation sites is 1. The third-order valence-corrected chi connectivity index (χ3v) is 4.34. The molecular formula is C21H24N2O3. The van der Waals surface area contributed by atoms with Gasteiger partial charge >= 0.3 is 0 Å². The smallest absolute Gasteiger partial charge is 0.238 e. The summed E-state index contributed by atoms with van der Waals surface area (Å²) in [5.41, 5.74) is 1.64. The average molecular weight is 352 g/mol. The molecule has 1 amide bonds. The van der Waals surface area contributed by atoms with E-state index < -0.39 is 0 Å². The Balaban J connectivity index is 1.70. The van der Waals surface area contributed by atoms with E-state index >= 15 is 0 Å². The summed E-state index contributed by atoms with van der Waals surface area (Å²) in [5.74, 6) is -0.227. The van der Waals surface area contributed by atoms with Crippen LogP contribution in [0, 0.1) is 0 Å². The van der Waals surface area contributed by atoms with Crippen LogP contribution in [0.2, 0.25) is 0 Å². The SMILES string of the molecule is C[C@H]1CN(CC(=O)Nc2ccccc2C(=O)c2ccccc2)C[C@H](C)O1. The summed E-state index contributed by atoms with van der Waals surface area (Å²) in [5, 5.41) is 2.90. The standard InChI is InChI=1S/C21H24N2O3/c1-15-12-23(13-16(2)26-15)14-20(24)22-19-11-7-6-10-18(19)21(25)17-8-4-3-5-9-17/h3-11,15-16H,12-14H2,1-2H3,(H,22,24)/t15-,16-/m0/s1. The van der Waals surface area contributed by atoms with E-state index in [1.807, 2.05) is 38.1 Å². The molecule has 2 atom stereocenters. The molecule has 1 saturated heterocycles. The Kier molecular flexibility index (Phi) is 5.81. The molecule has 0 aliphatic carbocycles. The molecule has 5 nitrogen and oxygen atoms in total. The van der Waals surface area contributed by atoms with Crippen LogP contribution in [-0.2, 0) is 9.53 Å². The average Bonchev–Trinajstić information content (AvgIpc) is 2.61. The number of nitrogens with one attached hydrogen (secondary N) is 1. The number of hydrogen-bond acceptors (Lipinski definition) is 4. The molecule has 136 valence electrons. The second kappa shape index (κ2) is 8.25. The third-order valence-electron chi connectivity index (χ3n) is 4.34. The van der Waals surface area contributed by atoms with Crippen LogP contribution in [0.5, 0.6) is 0 Å². The van der Waals surface area contributed by atoms with Crippen molar-refractivity contribution in [3.8, 4) is 0 Å². The molecule has 0 saturated carbocycles. The number of rotatable bonds is 5. The molecule has 26 heavy (non-hydrogen) atoms. The summed E-state index contributed by atoms with van der Waals surface area (Å²) in [6.07, 6.45) is 0.219. The van der Waals surface area contributed by atoms with Crippen molar-refractivity contribution < 1.29 is 14.3 Å². The molecule has 1 aliphatic heterocycles. The topological polar surface area (TPSA) is 58.6 Å². The number of carbonyl (C=O) groups excluding carboxylic acids is 2. The zero-order valence-electron chi connectivity index (χ0n) is 15.1. The number of ether oxygens (including phenoxy) is 1. The minimum Gasteiger partial charge on any atom is -0.373 e. The van der Waals surface area contributed by atoms with E-state index in [2.05, 4.69) is 10.2 Å². The molecule has 5 heteroatoms. The molecule has 1 aliphatic rings. The number of benzene rings is 2. The Morgan fingerprint density at radius 3 is 2.31 bits per heavy atom. The summed E-state index contributed by atoms with van der Waals surface area (Å²) in [4.78, 5) is 27.3. The first kappa shape index (κ1) is 18.3. The zero-order chi connectivity index (χ0) is 18.5. The molecule has 2 aromatic carbocycles. The van der Waals surface area contributed by atoms with Crippen LogP contribution >= 0.6 is 0 Å². The van der Waals surface area contributed by atoms with Crippen LogP contribution < -0.4 is 5.32 Å². The van der Waals surface area contributed by atoms with Gasteiger partial charge in [0.05, 0.1) is 24.4 Å². The van der Waals surface area contributed by atoms with Gasteiger partial charge in [-0.15, -0.1) is 0 Å². The maximum Gasteiger partial charge on any atom is 0.238 e. The van der Waals surface area contributed by atoms with Gasteiger partial charge in [-0.05, 0) is 26.0 Å². The van der Waals surface area contributed by atoms with Gasteiger partial charge in [0.25, 0.3) is 0 Å². The first-order valence-electron chi connectivity index (χ1n) is 8.89. The van der Waals surface area contributed by atoms with Crippen LogP contribution in [0.4, 0.5) is 5.69 Å². The number of carbonyl (C=O) groups is 2. The molecule has 3 rings (SSSR count). The van der Waals surface area contributed by atoms with Crippen LogP contribution in [0.1, 0.15) is 29.8 Å². The van der Waals surface area contributed by atoms with E-state index in [0.29, 0.717) is 16.8 Å². The Hall–Kier alpha value is -2.50. The molecule has 2 aromatic rings.